The third-order valence-electron chi connectivity index (χ3n) is 15.1. The van der Waals surface area contributed by atoms with E-state index in [4.69, 9.17) is 4.42 Å². The molecule has 0 N–H and O–H groups in total. The second-order valence-electron chi connectivity index (χ2n) is 17.8. The average molecular weight is 812 g/mol. The van der Waals surface area contributed by atoms with E-state index in [0.29, 0.717) is 0 Å². The molecule has 2 nitrogen and oxygen atoms in total. The molecule has 0 atom stereocenters. The van der Waals surface area contributed by atoms with Crippen LogP contribution >= 0.6 is 0 Å². The Morgan fingerprint density at radius 1 is 0.281 bits per heavy atom. The van der Waals surface area contributed by atoms with Crippen LogP contribution in [0.4, 0.5) is 17.1 Å². The normalized spacial score (nSPS) is 14.5. The summed E-state index contributed by atoms with van der Waals surface area (Å²) in [7, 11) is 0. The van der Waals surface area contributed by atoms with Gasteiger partial charge in [-0.2, -0.15) is 0 Å². The van der Waals surface area contributed by atoms with Crippen LogP contribution in [0.1, 0.15) is 44.5 Å². The van der Waals surface area contributed by atoms with Crippen molar-refractivity contribution in [1.29, 1.82) is 0 Å². The van der Waals surface area contributed by atoms with Crippen LogP contribution in [0.2, 0.25) is 0 Å². The molecule has 4 aliphatic carbocycles. The van der Waals surface area contributed by atoms with E-state index >= 15 is 0 Å². The summed E-state index contributed by atoms with van der Waals surface area (Å²) in [5, 5.41) is 2.22. The van der Waals surface area contributed by atoms with Crippen LogP contribution in [-0.4, -0.2) is 0 Å². The van der Waals surface area contributed by atoms with Crippen molar-refractivity contribution in [2.24, 2.45) is 0 Å². The van der Waals surface area contributed by atoms with Crippen molar-refractivity contribution in [3.63, 3.8) is 0 Å². The molecule has 11 aromatic rings. The quantitative estimate of drug-likeness (QED) is 0.177. The Morgan fingerprint density at radius 2 is 0.625 bits per heavy atom. The molecule has 2 heteroatoms. The minimum absolute atomic E-state index is 0.479. The lowest BCUT2D eigenvalue weighted by Crippen LogP contribution is -2.26. The first-order valence-corrected chi connectivity index (χ1v) is 22.3. The van der Waals surface area contributed by atoms with Crippen LogP contribution in [0.3, 0.4) is 0 Å². The molecule has 2 spiro atoms. The van der Waals surface area contributed by atoms with Gasteiger partial charge in [-0.3, -0.25) is 0 Å². The van der Waals surface area contributed by atoms with Crippen LogP contribution in [0.15, 0.2) is 229 Å². The largest absolute Gasteiger partial charge is 0.454 e. The molecule has 0 radical (unpaired) electrons. The Bertz CT molecular complexity index is 3510. The fraction of sp³-hybridized carbons (Fsp3) is 0.0323. The fourth-order valence-corrected chi connectivity index (χ4v) is 12.8. The molecule has 0 saturated heterocycles. The highest BCUT2D eigenvalue weighted by atomic mass is 16.3. The first-order valence-electron chi connectivity index (χ1n) is 22.3. The maximum atomic E-state index is 6.93. The number of para-hydroxylation sites is 2. The first-order chi connectivity index (χ1) is 31.8. The predicted molar refractivity (Wildman–Crippen MR) is 261 cm³/mol. The number of nitrogens with zero attached hydrogens (tertiary/aromatic N) is 1. The van der Waals surface area contributed by atoms with Crippen molar-refractivity contribution in [2.45, 2.75) is 10.8 Å². The van der Waals surface area contributed by atoms with Gasteiger partial charge < -0.3 is 9.32 Å². The van der Waals surface area contributed by atoms with Gasteiger partial charge in [0.15, 0.2) is 5.58 Å². The molecule has 0 saturated carbocycles. The highest BCUT2D eigenvalue weighted by Crippen LogP contribution is 2.65. The molecule has 0 bridgehead atoms. The number of furan rings is 1. The van der Waals surface area contributed by atoms with Crippen LogP contribution in [-0.2, 0) is 10.8 Å². The summed E-state index contributed by atoms with van der Waals surface area (Å²) in [6, 6.07) is 83.8. The number of hydrogen-bond donors (Lipinski definition) is 0. The third kappa shape index (κ3) is 4.03. The maximum absolute atomic E-state index is 6.93. The average Bonchev–Trinajstić information content (AvgIpc) is 4.13. The van der Waals surface area contributed by atoms with E-state index < -0.39 is 10.8 Å². The Labute approximate surface area is 371 Å². The summed E-state index contributed by atoms with van der Waals surface area (Å²) >= 11 is 0. The van der Waals surface area contributed by atoms with Gasteiger partial charge in [0.1, 0.15) is 5.58 Å². The SMILES string of the molecule is c1ccc2c(c1)-c1ccccc1C21c2ccccc2-c2ccc(N(c3ccc4c(c3)C3(c5ccccc5-c5ccccc53)c3ccccc3-4)c3cccc4c3oc3ccccc34)cc21. The van der Waals surface area contributed by atoms with Crippen LogP contribution < -0.4 is 4.90 Å². The summed E-state index contributed by atoms with van der Waals surface area (Å²) < 4.78 is 6.93. The summed E-state index contributed by atoms with van der Waals surface area (Å²) in [6.45, 7) is 0. The van der Waals surface area contributed by atoms with E-state index in [2.05, 4.69) is 229 Å². The highest BCUT2D eigenvalue weighted by Gasteiger charge is 2.53. The second-order valence-corrected chi connectivity index (χ2v) is 17.8. The van der Waals surface area contributed by atoms with Crippen LogP contribution in [0.5, 0.6) is 0 Å². The van der Waals surface area contributed by atoms with E-state index in [0.717, 1.165) is 39.0 Å². The van der Waals surface area contributed by atoms with E-state index in [1.165, 1.54) is 89.0 Å². The molecule has 296 valence electrons. The molecule has 0 fully saturated rings. The summed E-state index contributed by atoms with van der Waals surface area (Å²) in [6.07, 6.45) is 0. The Balaban J connectivity index is 1.04. The van der Waals surface area contributed by atoms with Crippen molar-refractivity contribution < 1.29 is 4.42 Å². The zero-order chi connectivity index (χ0) is 41.7. The van der Waals surface area contributed by atoms with E-state index in [1.54, 1.807) is 0 Å². The lowest BCUT2D eigenvalue weighted by Gasteiger charge is -2.33. The molecular formula is C62H37NO. The van der Waals surface area contributed by atoms with Crippen molar-refractivity contribution in [3.05, 3.63) is 269 Å². The predicted octanol–water partition coefficient (Wildman–Crippen LogP) is 15.7. The Hall–Kier alpha value is -8.20. The molecular weight excluding hydrogens is 775 g/mol. The van der Waals surface area contributed by atoms with Gasteiger partial charge in [0.05, 0.1) is 16.5 Å². The van der Waals surface area contributed by atoms with E-state index in [1.807, 2.05) is 0 Å². The van der Waals surface area contributed by atoms with Crippen molar-refractivity contribution in [2.75, 3.05) is 4.90 Å². The zero-order valence-corrected chi connectivity index (χ0v) is 34.7. The van der Waals surface area contributed by atoms with Gasteiger partial charge in [-0.1, -0.05) is 188 Å². The van der Waals surface area contributed by atoms with Gasteiger partial charge in [0.25, 0.3) is 0 Å². The third-order valence-corrected chi connectivity index (χ3v) is 15.1. The van der Waals surface area contributed by atoms with Gasteiger partial charge in [0.2, 0.25) is 0 Å². The number of rotatable bonds is 3. The summed E-state index contributed by atoms with van der Waals surface area (Å²) in [4.78, 5) is 2.47. The maximum Gasteiger partial charge on any atom is 0.159 e. The molecule has 64 heavy (non-hydrogen) atoms. The standard InChI is InChI=1S/C62H37NO/c1-8-24-50-40(16-1)41-17-2-9-25-51(41)61(50)54-28-12-5-20-44(54)46-34-32-38(36-56(46)61)63(58-30-15-23-49-48-22-7-14-31-59(48)64-60(49)58)39-33-35-47-45-21-6-13-29-55(45)62(57(47)37-39)52-26-10-3-18-42(52)43-19-4-11-27-53(43)62/h1-37H. The van der Waals surface area contributed by atoms with Crippen molar-refractivity contribution in [1.82, 2.24) is 0 Å². The van der Waals surface area contributed by atoms with Gasteiger partial charge in [-0.05, 0) is 125 Å². The molecule has 4 aliphatic rings. The van der Waals surface area contributed by atoms with Gasteiger partial charge in [0, 0.05) is 22.1 Å². The van der Waals surface area contributed by atoms with E-state index in [9.17, 15) is 0 Å². The first kappa shape index (κ1) is 34.4. The minimum atomic E-state index is -0.479. The summed E-state index contributed by atoms with van der Waals surface area (Å²) in [5.41, 5.74) is 24.9. The fourth-order valence-electron chi connectivity index (χ4n) is 12.8. The second kappa shape index (κ2) is 12.2. The molecule has 1 aromatic heterocycles. The lowest BCUT2D eigenvalue weighted by molar-refractivity contribution is 0.669. The number of anilines is 3. The molecule has 0 amide bonds. The zero-order valence-electron chi connectivity index (χ0n) is 34.7. The lowest BCUT2D eigenvalue weighted by atomic mass is 9.70. The molecule has 10 aromatic carbocycles. The minimum Gasteiger partial charge on any atom is -0.454 e. The topological polar surface area (TPSA) is 16.4 Å². The monoisotopic (exact) mass is 811 g/mol. The molecule has 15 rings (SSSR count). The smallest absolute Gasteiger partial charge is 0.159 e. The molecule has 0 unspecified atom stereocenters. The van der Waals surface area contributed by atoms with Gasteiger partial charge in [-0.15, -0.1) is 0 Å². The van der Waals surface area contributed by atoms with Crippen LogP contribution in [0, 0.1) is 0 Å². The molecule has 0 aliphatic heterocycles. The molecule has 1 heterocycles. The number of benzene rings is 10. The van der Waals surface area contributed by atoms with Crippen molar-refractivity contribution in [3.8, 4) is 44.5 Å². The van der Waals surface area contributed by atoms with Crippen molar-refractivity contribution >= 4 is 39.0 Å². The summed E-state index contributed by atoms with van der Waals surface area (Å²) in [5.74, 6) is 0. The number of hydrogen-bond acceptors (Lipinski definition) is 2. The highest BCUT2D eigenvalue weighted by molar-refractivity contribution is 6.11. The van der Waals surface area contributed by atoms with Gasteiger partial charge >= 0.3 is 0 Å². The number of fused-ring (bicyclic) bond motifs is 23. The Morgan fingerprint density at radius 3 is 1.05 bits per heavy atom. The van der Waals surface area contributed by atoms with E-state index in [-0.39, 0.29) is 0 Å². The van der Waals surface area contributed by atoms with Crippen LogP contribution in [0.25, 0.3) is 66.4 Å². The Kier molecular flexibility index (Phi) is 6.58. The van der Waals surface area contributed by atoms with Gasteiger partial charge in [-0.25, -0.2) is 0 Å².